The molecule has 1 N–H and O–H groups in total. The van der Waals surface area contributed by atoms with Gasteiger partial charge in [0, 0.05) is 0 Å². The Morgan fingerprint density at radius 3 is 2.56 bits per heavy atom. The van der Waals surface area contributed by atoms with E-state index in [2.05, 4.69) is 15.9 Å². The first-order valence-electron chi connectivity index (χ1n) is 4.16. The first-order chi connectivity index (χ1) is 7.30. The van der Waals surface area contributed by atoms with Crippen LogP contribution in [0.1, 0.15) is 5.56 Å². The van der Waals surface area contributed by atoms with E-state index in [0.717, 1.165) is 6.07 Å². The summed E-state index contributed by atoms with van der Waals surface area (Å²) in [6, 6.07) is 3.74. The molecule has 0 heterocycles. The first-order valence-corrected chi connectivity index (χ1v) is 6.78. The van der Waals surface area contributed by atoms with Crippen LogP contribution in [-0.4, -0.2) is 25.2 Å². The predicted octanol–water partition coefficient (Wildman–Crippen LogP) is 1.59. The van der Waals surface area contributed by atoms with Gasteiger partial charge in [0.1, 0.15) is 11.6 Å². The van der Waals surface area contributed by atoms with Crippen molar-refractivity contribution >= 4 is 31.7 Å². The molecule has 0 spiro atoms. The highest BCUT2D eigenvalue weighted by Crippen LogP contribution is 2.18. The fourth-order valence-electron chi connectivity index (χ4n) is 1.12. The standard InChI is InChI=1S/C9H8BrFO4S/c10-7-3-6(1-2-8(7)11)4-16(14,15)5-9(12)13/h1-3H,4-5H2,(H,12,13). The van der Waals surface area contributed by atoms with E-state index in [-0.39, 0.29) is 4.47 Å². The van der Waals surface area contributed by atoms with Crippen LogP contribution in [0.3, 0.4) is 0 Å². The lowest BCUT2D eigenvalue weighted by Crippen LogP contribution is -2.16. The van der Waals surface area contributed by atoms with Gasteiger partial charge in [0.15, 0.2) is 9.84 Å². The molecule has 0 aliphatic heterocycles. The number of aliphatic carboxylic acids is 1. The molecular formula is C9H8BrFO4S. The summed E-state index contributed by atoms with van der Waals surface area (Å²) in [6.45, 7) is 0. The number of hydrogen-bond donors (Lipinski definition) is 1. The molecule has 7 heteroatoms. The number of hydrogen-bond acceptors (Lipinski definition) is 3. The zero-order valence-corrected chi connectivity index (χ0v) is 10.4. The summed E-state index contributed by atoms with van der Waals surface area (Å²) in [6.07, 6.45) is 0. The van der Waals surface area contributed by atoms with Crippen LogP contribution in [0.2, 0.25) is 0 Å². The van der Waals surface area contributed by atoms with Gasteiger partial charge in [-0.2, -0.15) is 0 Å². The molecule has 88 valence electrons. The van der Waals surface area contributed by atoms with Crippen LogP contribution in [0.5, 0.6) is 0 Å². The van der Waals surface area contributed by atoms with Crippen molar-refractivity contribution in [3.05, 3.63) is 34.1 Å². The molecule has 4 nitrogen and oxygen atoms in total. The topological polar surface area (TPSA) is 71.4 Å². The van der Waals surface area contributed by atoms with Crippen LogP contribution in [0.4, 0.5) is 4.39 Å². The van der Waals surface area contributed by atoms with E-state index in [1.807, 2.05) is 0 Å². The third kappa shape index (κ3) is 3.90. The van der Waals surface area contributed by atoms with E-state index in [0.29, 0.717) is 5.56 Å². The van der Waals surface area contributed by atoms with Gasteiger partial charge in [-0.15, -0.1) is 0 Å². The maximum Gasteiger partial charge on any atom is 0.318 e. The van der Waals surface area contributed by atoms with Gasteiger partial charge in [-0.05, 0) is 33.6 Å². The third-order valence-electron chi connectivity index (χ3n) is 1.71. The minimum Gasteiger partial charge on any atom is -0.480 e. The number of carboxylic acids is 1. The van der Waals surface area contributed by atoms with Crippen LogP contribution in [0.25, 0.3) is 0 Å². The number of rotatable bonds is 4. The maximum atomic E-state index is 12.9. The third-order valence-corrected chi connectivity index (χ3v) is 3.78. The van der Waals surface area contributed by atoms with Crippen molar-refractivity contribution in [1.82, 2.24) is 0 Å². The molecule has 16 heavy (non-hydrogen) atoms. The zero-order valence-electron chi connectivity index (χ0n) is 7.98. The van der Waals surface area contributed by atoms with Crippen molar-refractivity contribution in [3.8, 4) is 0 Å². The molecule has 0 radical (unpaired) electrons. The Balaban J connectivity index is 2.88. The van der Waals surface area contributed by atoms with Crippen molar-refractivity contribution in [2.24, 2.45) is 0 Å². The highest BCUT2D eigenvalue weighted by atomic mass is 79.9. The maximum absolute atomic E-state index is 12.9. The largest absolute Gasteiger partial charge is 0.480 e. The van der Waals surface area contributed by atoms with Crippen LogP contribution in [0.15, 0.2) is 22.7 Å². The first kappa shape index (κ1) is 13.1. The second-order valence-corrected chi connectivity index (χ2v) is 6.09. The lowest BCUT2D eigenvalue weighted by Gasteiger charge is -2.03. The van der Waals surface area contributed by atoms with E-state index in [9.17, 15) is 17.6 Å². The zero-order chi connectivity index (χ0) is 12.3. The molecule has 1 rings (SSSR count). The fraction of sp³-hybridized carbons (Fsp3) is 0.222. The van der Waals surface area contributed by atoms with Gasteiger partial charge in [0.25, 0.3) is 0 Å². The summed E-state index contributed by atoms with van der Waals surface area (Å²) < 4.78 is 35.6. The van der Waals surface area contributed by atoms with E-state index in [1.165, 1.54) is 12.1 Å². The molecular weight excluding hydrogens is 303 g/mol. The summed E-state index contributed by atoms with van der Waals surface area (Å²) in [4.78, 5) is 10.3. The van der Waals surface area contributed by atoms with E-state index in [1.54, 1.807) is 0 Å². The van der Waals surface area contributed by atoms with Crippen LogP contribution < -0.4 is 0 Å². The number of sulfone groups is 1. The van der Waals surface area contributed by atoms with Gasteiger partial charge >= 0.3 is 5.97 Å². The van der Waals surface area contributed by atoms with Gasteiger partial charge < -0.3 is 5.11 Å². The average Bonchev–Trinajstić information content (AvgIpc) is 2.08. The highest BCUT2D eigenvalue weighted by Gasteiger charge is 2.17. The molecule has 0 aromatic heterocycles. The molecule has 0 atom stereocenters. The lowest BCUT2D eigenvalue weighted by atomic mass is 10.2. The summed E-state index contributed by atoms with van der Waals surface area (Å²) in [5, 5.41) is 8.38. The Kier molecular flexibility index (Phi) is 4.03. The fourth-order valence-corrected chi connectivity index (χ4v) is 2.71. The summed E-state index contributed by atoms with van der Waals surface area (Å²) in [7, 11) is -3.71. The van der Waals surface area contributed by atoms with Crippen LogP contribution in [0, 0.1) is 5.82 Å². The molecule has 0 unspecified atom stereocenters. The average molecular weight is 311 g/mol. The van der Waals surface area contributed by atoms with Crippen molar-refractivity contribution in [2.45, 2.75) is 5.75 Å². The summed E-state index contributed by atoms with van der Waals surface area (Å²) >= 11 is 2.92. The molecule has 1 aromatic carbocycles. The van der Waals surface area contributed by atoms with Gasteiger partial charge in [-0.3, -0.25) is 4.79 Å². The van der Waals surface area contributed by atoms with Gasteiger partial charge in [-0.1, -0.05) is 6.07 Å². The molecule has 0 aliphatic rings. The monoisotopic (exact) mass is 310 g/mol. The second-order valence-electron chi connectivity index (χ2n) is 3.17. The lowest BCUT2D eigenvalue weighted by molar-refractivity contribution is -0.134. The van der Waals surface area contributed by atoms with Gasteiger partial charge in [-0.25, -0.2) is 12.8 Å². The van der Waals surface area contributed by atoms with Crippen molar-refractivity contribution in [2.75, 3.05) is 5.75 Å². The molecule has 0 saturated heterocycles. The number of carboxylic acid groups (broad SMARTS) is 1. The molecule has 0 fully saturated rings. The van der Waals surface area contributed by atoms with Gasteiger partial charge in [0.05, 0.1) is 10.2 Å². The normalized spacial score (nSPS) is 11.4. The Bertz CT molecular complexity index is 512. The second kappa shape index (κ2) is 4.92. The van der Waals surface area contributed by atoms with Crippen LogP contribution in [-0.2, 0) is 20.4 Å². The Morgan fingerprint density at radius 2 is 2.06 bits per heavy atom. The molecule has 0 bridgehead atoms. The SMILES string of the molecule is O=C(O)CS(=O)(=O)Cc1ccc(F)c(Br)c1. The smallest absolute Gasteiger partial charge is 0.318 e. The van der Waals surface area contributed by atoms with E-state index < -0.39 is 33.1 Å². The van der Waals surface area contributed by atoms with Crippen molar-refractivity contribution in [1.29, 1.82) is 0 Å². The Hall–Kier alpha value is -0.950. The molecule has 0 saturated carbocycles. The number of carbonyl (C=O) groups is 1. The highest BCUT2D eigenvalue weighted by molar-refractivity contribution is 9.10. The van der Waals surface area contributed by atoms with Crippen molar-refractivity contribution in [3.63, 3.8) is 0 Å². The molecule has 0 aliphatic carbocycles. The minimum atomic E-state index is -3.71. The minimum absolute atomic E-state index is 0.149. The summed E-state index contributed by atoms with van der Waals surface area (Å²) in [5.41, 5.74) is 0.342. The Morgan fingerprint density at radius 1 is 1.44 bits per heavy atom. The number of halogens is 2. The van der Waals surface area contributed by atoms with Crippen molar-refractivity contribution < 1.29 is 22.7 Å². The van der Waals surface area contributed by atoms with E-state index in [4.69, 9.17) is 5.11 Å². The Labute approximate surface area is 100 Å². The number of benzene rings is 1. The predicted molar refractivity (Wildman–Crippen MR) is 59.2 cm³/mol. The summed E-state index contributed by atoms with van der Waals surface area (Å²) in [5.74, 6) is -3.25. The molecule has 1 aromatic rings. The van der Waals surface area contributed by atoms with E-state index >= 15 is 0 Å². The van der Waals surface area contributed by atoms with Crippen LogP contribution >= 0.6 is 15.9 Å². The quantitative estimate of drug-likeness (QED) is 0.916. The molecule has 0 amide bonds. The van der Waals surface area contributed by atoms with Gasteiger partial charge in [0.2, 0.25) is 0 Å².